The molecular formula is C15H17FN2O. The van der Waals surface area contributed by atoms with Gasteiger partial charge in [0.15, 0.2) is 0 Å². The highest BCUT2D eigenvalue weighted by Gasteiger charge is 2.22. The van der Waals surface area contributed by atoms with Gasteiger partial charge in [-0.1, -0.05) is 6.07 Å². The summed E-state index contributed by atoms with van der Waals surface area (Å²) in [6.07, 6.45) is 2.48. The SMILES string of the molecule is Cc1cc(F)cc(C(O)C(CN)c2ccncc2)c1. The van der Waals surface area contributed by atoms with Crippen LogP contribution in [0, 0.1) is 12.7 Å². The minimum atomic E-state index is -0.832. The lowest BCUT2D eigenvalue weighted by Crippen LogP contribution is -2.20. The number of hydrogen-bond donors (Lipinski definition) is 2. The Hall–Kier alpha value is -1.78. The van der Waals surface area contributed by atoms with Crippen molar-refractivity contribution < 1.29 is 9.50 Å². The topological polar surface area (TPSA) is 59.1 Å². The lowest BCUT2D eigenvalue weighted by molar-refractivity contribution is 0.147. The molecule has 2 atom stereocenters. The van der Waals surface area contributed by atoms with Crippen molar-refractivity contribution in [2.75, 3.05) is 6.54 Å². The zero-order valence-electron chi connectivity index (χ0n) is 10.8. The number of aryl methyl sites for hydroxylation is 1. The van der Waals surface area contributed by atoms with Crippen LogP contribution < -0.4 is 5.73 Å². The van der Waals surface area contributed by atoms with E-state index in [0.29, 0.717) is 5.56 Å². The number of hydrogen-bond acceptors (Lipinski definition) is 3. The lowest BCUT2D eigenvalue weighted by Gasteiger charge is -2.22. The van der Waals surface area contributed by atoms with Crippen molar-refractivity contribution in [3.63, 3.8) is 0 Å². The zero-order valence-corrected chi connectivity index (χ0v) is 10.8. The van der Waals surface area contributed by atoms with Crippen LogP contribution in [-0.2, 0) is 0 Å². The molecule has 1 aromatic carbocycles. The molecule has 0 bridgehead atoms. The quantitative estimate of drug-likeness (QED) is 0.886. The fourth-order valence-electron chi connectivity index (χ4n) is 2.23. The second-order valence-corrected chi connectivity index (χ2v) is 4.63. The summed E-state index contributed by atoms with van der Waals surface area (Å²) < 4.78 is 13.4. The molecule has 0 radical (unpaired) electrons. The standard InChI is InChI=1S/C15H17FN2O/c1-10-6-12(8-13(16)7-10)15(19)14(9-17)11-2-4-18-5-3-11/h2-8,14-15,19H,9,17H2,1H3. The van der Waals surface area contributed by atoms with E-state index in [1.165, 1.54) is 12.1 Å². The molecule has 1 aromatic heterocycles. The Balaban J connectivity index is 2.33. The van der Waals surface area contributed by atoms with Gasteiger partial charge >= 0.3 is 0 Å². The maximum Gasteiger partial charge on any atom is 0.123 e. The number of aliphatic hydroxyl groups excluding tert-OH is 1. The van der Waals surface area contributed by atoms with Crippen LogP contribution in [0.1, 0.15) is 28.7 Å². The Morgan fingerprint density at radius 2 is 1.89 bits per heavy atom. The van der Waals surface area contributed by atoms with Crippen molar-refractivity contribution in [1.29, 1.82) is 0 Å². The Kier molecular flexibility index (Phi) is 4.24. The summed E-state index contributed by atoms with van der Waals surface area (Å²) in [5.74, 6) is -0.622. The zero-order chi connectivity index (χ0) is 13.8. The predicted molar refractivity (Wildman–Crippen MR) is 72.1 cm³/mol. The van der Waals surface area contributed by atoms with Crippen molar-refractivity contribution in [3.05, 3.63) is 65.2 Å². The highest BCUT2D eigenvalue weighted by atomic mass is 19.1. The minimum absolute atomic E-state index is 0.274. The fraction of sp³-hybridized carbons (Fsp3) is 0.267. The molecule has 0 amide bonds. The number of halogens is 1. The maximum atomic E-state index is 13.4. The Bertz CT molecular complexity index is 525. The largest absolute Gasteiger partial charge is 0.388 e. The number of aliphatic hydroxyl groups is 1. The smallest absolute Gasteiger partial charge is 0.123 e. The Labute approximate surface area is 111 Å². The monoisotopic (exact) mass is 260 g/mol. The lowest BCUT2D eigenvalue weighted by atomic mass is 9.89. The van der Waals surface area contributed by atoms with Gasteiger partial charge in [-0.05, 0) is 47.9 Å². The van der Waals surface area contributed by atoms with Crippen LogP contribution in [0.4, 0.5) is 4.39 Å². The van der Waals surface area contributed by atoms with Crippen LogP contribution in [0.3, 0.4) is 0 Å². The molecular weight excluding hydrogens is 243 g/mol. The van der Waals surface area contributed by atoms with Crippen LogP contribution in [0.5, 0.6) is 0 Å². The van der Waals surface area contributed by atoms with Gasteiger partial charge in [0.05, 0.1) is 6.10 Å². The van der Waals surface area contributed by atoms with Crippen LogP contribution >= 0.6 is 0 Å². The van der Waals surface area contributed by atoms with E-state index in [2.05, 4.69) is 4.98 Å². The second kappa shape index (κ2) is 5.91. The molecule has 2 rings (SSSR count). The Morgan fingerprint density at radius 1 is 1.21 bits per heavy atom. The van der Waals surface area contributed by atoms with Crippen molar-refractivity contribution in [1.82, 2.24) is 4.98 Å². The number of pyridine rings is 1. The molecule has 0 fully saturated rings. The number of benzene rings is 1. The number of aromatic nitrogens is 1. The second-order valence-electron chi connectivity index (χ2n) is 4.63. The summed E-state index contributed by atoms with van der Waals surface area (Å²) in [7, 11) is 0. The van der Waals surface area contributed by atoms with E-state index in [9.17, 15) is 9.50 Å². The van der Waals surface area contributed by atoms with E-state index in [0.717, 1.165) is 11.1 Å². The van der Waals surface area contributed by atoms with Crippen LogP contribution in [-0.4, -0.2) is 16.6 Å². The molecule has 1 heterocycles. The van der Waals surface area contributed by atoms with Gasteiger partial charge < -0.3 is 10.8 Å². The molecule has 2 unspecified atom stereocenters. The first-order valence-electron chi connectivity index (χ1n) is 6.17. The van der Waals surface area contributed by atoms with Gasteiger partial charge in [0.2, 0.25) is 0 Å². The summed E-state index contributed by atoms with van der Waals surface area (Å²) in [5, 5.41) is 10.4. The summed E-state index contributed by atoms with van der Waals surface area (Å²) in [6, 6.07) is 8.18. The molecule has 3 nitrogen and oxygen atoms in total. The number of nitrogens with two attached hydrogens (primary N) is 1. The number of nitrogens with zero attached hydrogens (tertiary/aromatic N) is 1. The third kappa shape index (κ3) is 3.16. The molecule has 0 saturated heterocycles. The van der Waals surface area contributed by atoms with Gasteiger partial charge in [-0.3, -0.25) is 4.98 Å². The third-order valence-corrected chi connectivity index (χ3v) is 3.18. The number of rotatable bonds is 4. The molecule has 3 N–H and O–H groups in total. The van der Waals surface area contributed by atoms with E-state index >= 15 is 0 Å². The fourth-order valence-corrected chi connectivity index (χ4v) is 2.23. The first-order valence-corrected chi connectivity index (χ1v) is 6.17. The summed E-state index contributed by atoms with van der Waals surface area (Å²) in [6.45, 7) is 2.07. The van der Waals surface area contributed by atoms with Crippen molar-refractivity contribution in [2.24, 2.45) is 5.73 Å². The van der Waals surface area contributed by atoms with E-state index in [4.69, 9.17) is 5.73 Å². The first-order chi connectivity index (χ1) is 9.11. The molecule has 2 aromatic rings. The predicted octanol–water partition coefficient (Wildman–Crippen LogP) is 2.31. The molecule has 19 heavy (non-hydrogen) atoms. The molecule has 0 aliphatic rings. The van der Waals surface area contributed by atoms with E-state index in [1.54, 1.807) is 25.4 Å². The van der Waals surface area contributed by atoms with Crippen LogP contribution in [0.25, 0.3) is 0 Å². The van der Waals surface area contributed by atoms with Gasteiger partial charge in [0.25, 0.3) is 0 Å². The summed E-state index contributed by atoms with van der Waals surface area (Å²) in [5.41, 5.74) is 7.96. The summed E-state index contributed by atoms with van der Waals surface area (Å²) >= 11 is 0. The van der Waals surface area contributed by atoms with E-state index in [1.807, 2.05) is 12.1 Å². The first kappa shape index (κ1) is 13.6. The highest BCUT2D eigenvalue weighted by Crippen LogP contribution is 2.30. The maximum absolute atomic E-state index is 13.4. The van der Waals surface area contributed by atoms with Crippen LogP contribution in [0.15, 0.2) is 42.7 Å². The van der Waals surface area contributed by atoms with Crippen LogP contribution in [0.2, 0.25) is 0 Å². The van der Waals surface area contributed by atoms with Gasteiger partial charge in [-0.15, -0.1) is 0 Å². The van der Waals surface area contributed by atoms with Gasteiger partial charge in [-0.2, -0.15) is 0 Å². The molecule has 100 valence electrons. The molecule has 0 aliphatic carbocycles. The van der Waals surface area contributed by atoms with Crippen molar-refractivity contribution in [2.45, 2.75) is 18.9 Å². The average molecular weight is 260 g/mol. The van der Waals surface area contributed by atoms with Gasteiger partial charge in [-0.25, -0.2) is 4.39 Å². The molecule has 0 saturated carbocycles. The van der Waals surface area contributed by atoms with E-state index < -0.39 is 6.10 Å². The van der Waals surface area contributed by atoms with Gasteiger partial charge in [0, 0.05) is 24.9 Å². The normalized spacial score (nSPS) is 14.1. The van der Waals surface area contributed by atoms with E-state index in [-0.39, 0.29) is 18.3 Å². The Morgan fingerprint density at radius 3 is 2.47 bits per heavy atom. The molecule has 4 heteroatoms. The molecule has 0 spiro atoms. The van der Waals surface area contributed by atoms with Crippen molar-refractivity contribution in [3.8, 4) is 0 Å². The van der Waals surface area contributed by atoms with Crippen molar-refractivity contribution >= 4 is 0 Å². The summed E-state index contributed by atoms with van der Waals surface area (Å²) in [4.78, 5) is 3.94. The molecule has 0 aliphatic heterocycles. The highest BCUT2D eigenvalue weighted by molar-refractivity contribution is 5.29. The third-order valence-electron chi connectivity index (χ3n) is 3.18. The van der Waals surface area contributed by atoms with Gasteiger partial charge in [0.1, 0.15) is 5.82 Å². The minimum Gasteiger partial charge on any atom is -0.388 e. The average Bonchev–Trinajstić information content (AvgIpc) is 2.39.